The Morgan fingerprint density at radius 3 is 2.61 bits per heavy atom. The summed E-state index contributed by atoms with van der Waals surface area (Å²) in [6, 6.07) is 6.69. The van der Waals surface area contributed by atoms with Gasteiger partial charge in [0.2, 0.25) is 0 Å². The molecule has 102 valence electrons. The maximum Gasteiger partial charge on any atom is 0.151 e. The molecule has 0 amide bonds. The Labute approximate surface area is 108 Å². The van der Waals surface area contributed by atoms with Crippen LogP contribution >= 0.6 is 0 Å². The summed E-state index contributed by atoms with van der Waals surface area (Å²) < 4.78 is 36.0. The second-order valence-corrected chi connectivity index (χ2v) is 6.86. The highest BCUT2D eigenvalue weighted by atomic mass is 32.2. The molecule has 0 heterocycles. The first-order chi connectivity index (χ1) is 8.44. The molecule has 1 aromatic carbocycles. The lowest BCUT2D eigenvalue weighted by atomic mass is 10.1. The van der Waals surface area contributed by atoms with Crippen LogP contribution in [0, 0.1) is 5.82 Å². The SMILES string of the molecule is CCS(=O)(=O)CCNC(C)Cc1ccccc1F. The van der Waals surface area contributed by atoms with E-state index in [1.165, 1.54) is 6.07 Å². The molecule has 1 unspecified atom stereocenters. The van der Waals surface area contributed by atoms with Crippen molar-refractivity contribution >= 4 is 9.84 Å². The van der Waals surface area contributed by atoms with Crippen LogP contribution in [0.4, 0.5) is 4.39 Å². The molecule has 0 aliphatic rings. The Bertz CT molecular complexity index is 474. The highest BCUT2D eigenvalue weighted by Crippen LogP contribution is 2.08. The van der Waals surface area contributed by atoms with Crippen LogP contribution in [0.25, 0.3) is 0 Å². The molecule has 0 aliphatic heterocycles. The van der Waals surface area contributed by atoms with Gasteiger partial charge in [0.25, 0.3) is 0 Å². The van der Waals surface area contributed by atoms with Gasteiger partial charge in [-0.25, -0.2) is 12.8 Å². The van der Waals surface area contributed by atoms with E-state index in [-0.39, 0.29) is 23.4 Å². The summed E-state index contributed by atoms with van der Waals surface area (Å²) in [5.74, 6) is 0.0777. The Hall–Kier alpha value is -0.940. The number of hydrogen-bond acceptors (Lipinski definition) is 3. The number of hydrogen-bond donors (Lipinski definition) is 1. The number of sulfone groups is 1. The quantitative estimate of drug-likeness (QED) is 0.823. The van der Waals surface area contributed by atoms with E-state index in [1.807, 2.05) is 6.92 Å². The van der Waals surface area contributed by atoms with Gasteiger partial charge >= 0.3 is 0 Å². The summed E-state index contributed by atoms with van der Waals surface area (Å²) in [6.07, 6.45) is 0.554. The van der Waals surface area contributed by atoms with Crippen molar-refractivity contribution in [3.05, 3.63) is 35.6 Å². The third-order valence-electron chi connectivity index (χ3n) is 2.83. The topological polar surface area (TPSA) is 46.2 Å². The molecule has 0 bridgehead atoms. The molecule has 0 fully saturated rings. The average Bonchev–Trinajstić information content (AvgIpc) is 2.32. The number of rotatable bonds is 7. The van der Waals surface area contributed by atoms with Gasteiger partial charge in [0, 0.05) is 18.3 Å². The van der Waals surface area contributed by atoms with Crippen molar-refractivity contribution < 1.29 is 12.8 Å². The fourth-order valence-corrected chi connectivity index (χ4v) is 2.39. The van der Waals surface area contributed by atoms with Crippen LogP contribution in [0.2, 0.25) is 0 Å². The molecule has 3 nitrogen and oxygen atoms in total. The van der Waals surface area contributed by atoms with Crippen molar-refractivity contribution in [3.63, 3.8) is 0 Å². The van der Waals surface area contributed by atoms with Gasteiger partial charge in [-0.15, -0.1) is 0 Å². The molecular weight excluding hydrogens is 253 g/mol. The van der Waals surface area contributed by atoms with E-state index < -0.39 is 9.84 Å². The van der Waals surface area contributed by atoms with Gasteiger partial charge < -0.3 is 5.32 Å². The molecule has 1 N–H and O–H groups in total. The van der Waals surface area contributed by atoms with Gasteiger partial charge in [0.15, 0.2) is 9.84 Å². The second kappa shape index (κ2) is 6.85. The van der Waals surface area contributed by atoms with Gasteiger partial charge in [-0.3, -0.25) is 0 Å². The molecule has 0 aliphatic carbocycles. The minimum Gasteiger partial charge on any atom is -0.313 e. The maximum absolute atomic E-state index is 13.4. The van der Waals surface area contributed by atoms with Crippen LogP contribution in [0.5, 0.6) is 0 Å². The van der Waals surface area contributed by atoms with E-state index in [1.54, 1.807) is 25.1 Å². The molecule has 1 rings (SSSR count). The third-order valence-corrected chi connectivity index (χ3v) is 4.54. The van der Waals surface area contributed by atoms with Crippen LogP contribution in [0.3, 0.4) is 0 Å². The zero-order chi connectivity index (χ0) is 13.6. The lowest BCUT2D eigenvalue weighted by Gasteiger charge is -2.14. The average molecular weight is 273 g/mol. The first-order valence-electron chi connectivity index (χ1n) is 6.12. The normalized spacial score (nSPS) is 13.5. The number of halogens is 1. The highest BCUT2D eigenvalue weighted by molar-refractivity contribution is 7.91. The Kier molecular flexibility index (Phi) is 5.75. The van der Waals surface area contributed by atoms with Crippen LogP contribution in [-0.2, 0) is 16.3 Å². The van der Waals surface area contributed by atoms with E-state index in [2.05, 4.69) is 5.32 Å². The maximum atomic E-state index is 13.4. The molecular formula is C13H20FNO2S. The molecule has 18 heavy (non-hydrogen) atoms. The minimum atomic E-state index is -2.93. The van der Waals surface area contributed by atoms with Crippen molar-refractivity contribution in [1.29, 1.82) is 0 Å². The van der Waals surface area contributed by atoms with Crippen molar-refractivity contribution in [2.24, 2.45) is 0 Å². The van der Waals surface area contributed by atoms with Crippen molar-refractivity contribution in [1.82, 2.24) is 5.32 Å². The second-order valence-electron chi connectivity index (χ2n) is 4.39. The summed E-state index contributed by atoms with van der Waals surface area (Å²) in [5, 5.41) is 3.10. The van der Waals surface area contributed by atoms with Crippen LogP contribution in [0.1, 0.15) is 19.4 Å². The van der Waals surface area contributed by atoms with Gasteiger partial charge in [-0.2, -0.15) is 0 Å². The fraction of sp³-hybridized carbons (Fsp3) is 0.538. The van der Waals surface area contributed by atoms with Crippen molar-refractivity contribution in [3.8, 4) is 0 Å². The molecule has 0 spiro atoms. The summed E-state index contributed by atoms with van der Waals surface area (Å²) in [7, 11) is -2.93. The standard InChI is InChI=1S/C13H20FNO2S/c1-3-18(16,17)9-8-15-11(2)10-12-6-4-5-7-13(12)14/h4-7,11,15H,3,8-10H2,1-2H3. The van der Waals surface area contributed by atoms with Crippen LogP contribution in [0.15, 0.2) is 24.3 Å². The zero-order valence-corrected chi connectivity index (χ0v) is 11.6. The molecule has 5 heteroatoms. The monoisotopic (exact) mass is 273 g/mol. The van der Waals surface area contributed by atoms with Gasteiger partial charge in [0.1, 0.15) is 5.82 Å². The van der Waals surface area contributed by atoms with Crippen LogP contribution < -0.4 is 5.32 Å². The molecule has 0 aromatic heterocycles. The van der Waals surface area contributed by atoms with Crippen molar-refractivity contribution in [2.75, 3.05) is 18.1 Å². The summed E-state index contributed by atoms with van der Waals surface area (Å²) >= 11 is 0. The molecule has 0 radical (unpaired) electrons. The van der Waals surface area contributed by atoms with Gasteiger partial charge in [0.05, 0.1) is 5.75 Å². The zero-order valence-electron chi connectivity index (χ0n) is 10.8. The lowest BCUT2D eigenvalue weighted by molar-refractivity contribution is 0.535. The first kappa shape index (κ1) is 15.1. The Morgan fingerprint density at radius 2 is 2.00 bits per heavy atom. The predicted octanol–water partition coefficient (Wildman–Crippen LogP) is 1.78. The van der Waals surface area contributed by atoms with Gasteiger partial charge in [-0.1, -0.05) is 25.1 Å². The minimum absolute atomic E-state index is 0.0500. The number of nitrogens with one attached hydrogen (secondary N) is 1. The largest absolute Gasteiger partial charge is 0.313 e. The van der Waals surface area contributed by atoms with E-state index in [9.17, 15) is 12.8 Å². The molecule has 1 aromatic rings. The lowest BCUT2D eigenvalue weighted by Crippen LogP contribution is -2.33. The predicted molar refractivity (Wildman–Crippen MR) is 71.9 cm³/mol. The smallest absolute Gasteiger partial charge is 0.151 e. The molecule has 0 saturated carbocycles. The third kappa shape index (κ3) is 5.14. The Morgan fingerprint density at radius 1 is 1.33 bits per heavy atom. The van der Waals surface area contributed by atoms with Crippen LogP contribution in [-0.4, -0.2) is 32.5 Å². The number of benzene rings is 1. The van der Waals surface area contributed by atoms with E-state index >= 15 is 0 Å². The summed E-state index contributed by atoms with van der Waals surface area (Å²) in [6.45, 7) is 3.97. The van der Waals surface area contributed by atoms with E-state index in [4.69, 9.17) is 0 Å². The highest BCUT2D eigenvalue weighted by Gasteiger charge is 2.10. The first-order valence-corrected chi connectivity index (χ1v) is 7.94. The summed E-state index contributed by atoms with van der Waals surface area (Å²) in [5.41, 5.74) is 0.649. The van der Waals surface area contributed by atoms with E-state index in [0.717, 1.165) is 0 Å². The van der Waals surface area contributed by atoms with Gasteiger partial charge in [-0.05, 0) is 25.0 Å². The molecule has 1 atom stereocenters. The molecule has 0 saturated heterocycles. The Balaban J connectivity index is 2.39. The van der Waals surface area contributed by atoms with E-state index in [0.29, 0.717) is 18.5 Å². The van der Waals surface area contributed by atoms with Crippen molar-refractivity contribution in [2.45, 2.75) is 26.3 Å². The fourth-order valence-electron chi connectivity index (χ4n) is 1.67. The summed E-state index contributed by atoms with van der Waals surface area (Å²) in [4.78, 5) is 0.